The van der Waals surface area contributed by atoms with Crippen LogP contribution in [0.3, 0.4) is 0 Å². The zero-order valence-corrected chi connectivity index (χ0v) is 19.1. The third kappa shape index (κ3) is 4.19. The van der Waals surface area contributed by atoms with Crippen LogP contribution in [0.5, 0.6) is 0 Å². The summed E-state index contributed by atoms with van der Waals surface area (Å²) >= 11 is 5.97. The van der Waals surface area contributed by atoms with Crippen LogP contribution in [0, 0.1) is 19.8 Å². The maximum absolute atomic E-state index is 13.2. The molecule has 0 N–H and O–H groups in total. The summed E-state index contributed by atoms with van der Waals surface area (Å²) in [5.74, 6) is -1.76. The van der Waals surface area contributed by atoms with E-state index in [-0.39, 0.29) is 35.9 Å². The molecule has 1 aliphatic carbocycles. The minimum atomic E-state index is -0.807. The molecule has 2 unspecified atom stereocenters. The highest BCUT2D eigenvalue weighted by Crippen LogP contribution is 2.38. The van der Waals surface area contributed by atoms with Crippen molar-refractivity contribution in [3.05, 3.63) is 46.2 Å². The molecule has 3 rings (SSSR count). The van der Waals surface area contributed by atoms with Gasteiger partial charge in [-0.25, -0.2) is 4.68 Å². The van der Waals surface area contributed by atoms with Gasteiger partial charge in [-0.1, -0.05) is 11.6 Å². The van der Waals surface area contributed by atoms with E-state index in [4.69, 9.17) is 11.6 Å². The van der Waals surface area contributed by atoms with Crippen molar-refractivity contribution in [1.29, 1.82) is 0 Å². The monoisotopic (exact) mass is 429 g/mol. The van der Waals surface area contributed by atoms with Gasteiger partial charge in [-0.3, -0.25) is 14.4 Å². The molecule has 1 fully saturated rings. The molecule has 1 aromatic carbocycles. The number of aryl methyl sites for hydroxylation is 2. The molecule has 1 heterocycles. The van der Waals surface area contributed by atoms with Crippen LogP contribution in [0.2, 0.25) is 5.02 Å². The summed E-state index contributed by atoms with van der Waals surface area (Å²) in [7, 11) is 1.73. The predicted octanol–water partition coefficient (Wildman–Crippen LogP) is 4.03. The normalized spacial score (nSPS) is 19.4. The summed E-state index contributed by atoms with van der Waals surface area (Å²) in [6.07, 6.45) is 3.44. The number of hydrogen-bond acceptors (Lipinski definition) is 4. The van der Waals surface area contributed by atoms with Crippen LogP contribution < -0.4 is 0 Å². The number of aromatic nitrogens is 2. The number of carbonyl (C=O) groups is 3. The second-order valence-corrected chi connectivity index (χ2v) is 9.56. The van der Waals surface area contributed by atoms with E-state index >= 15 is 0 Å². The van der Waals surface area contributed by atoms with Crippen molar-refractivity contribution in [2.45, 2.75) is 58.9 Å². The van der Waals surface area contributed by atoms with E-state index in [1.807, 2.05) is 46.8 Å². The second-order valence-electron chi connectivity index (χ2n) is 9.13. The first-order valence-corrected chi connectivity index (χ1v) is 10.4. The Morgan fingerprint density at radius 1 is 1.23 bits per heavy atom. The van der Waals surface area contributed by atoms with Gasteiger partial charge in [0.2, 0.25) is 5.91 Å². The lowest BCUT2D eigenvalue weighted by atomic mass is 9.86. The summed E-state index contributed by atoms with van der Waals surface area (Å²) in [6.45, 7) is 9.61. The lowest BCUT2D eigenvalue weighted by Gasteiger charge is -2.32. The van der Waals surface area contributed by atoms with E-state index in [0.29, 0.717) is 5.02 Å². The molecule has 1 aromatic heterocycles. The highest BCUT2D eigenvalue weighted by molar-refractivity contribution is 6.30. The smallest absolute Gasteiger partial charge is 0.223 e. The van der Waals surface area contributed by atoms with E-state index in [2.05, 4.69) is 5.10 Å². The van der Waals surface area contributed by atoms with Crippen molar-refractivity contribution in [3.63, 3.8) is 0 Å². The van der Waals surface area contributed by atoms with E-state index in [1.54, 1.807) is 29.0 Å². The van der Waals surface area contributed by atoms with E-state index < -0.39 is 11.8 Å². The van der Waals surface area contributed by atoms with E-state index in [9.17, 15) is 14.4 Å². The first kappa shape index (κ1) is 22.2. The van der Waals surface area contributed by atoms with E-state index in [1.165, 1.54) is 0 Å². The number of ketones is 2. The summed E-state index contributed by atoms with van der Waals surface area (Å²) in [4.78, 5) is 40.2. The van der Waals surface area contributed by atoms with Gasteiger partial charge < -0.3 is 4.90 Å². The van der Waals surface area contributed by atoms with Crippen LogP contribution in [0.25, 0.3) is 5.69 Å². The maximum atomic E-state index is 13.2. The molecule has 0 aliphatic heterocycles. The number of benzene rings is 1. The molecule has 6 nitrogen and oxygen atoms in total. The van der Waals surface area contributed by atoms with Gasteiger partial charge in [0.25, 0.3) is 0 Å². The third-order valence-corrected chi connectivity index (χ3v) is 6.14. The average molecular weight is 430 g/mol. The van der Waals surface area contributed by atoms with Crippen molar-refractivity contribution in [1.82, 2.24) is 14.7 Å². The molecule has 0 radical (unpaired) electrons. The molecule has 1 aliphatic rings. The Kier molecular flexibility index (Phi) is 5.92. The standard InChI is InChI=1S/C23H28ClN3O3/c1-13-7-17(27-12-16(24)11-25-27)8-14(2)20(13)21-18(28)9-15(22(21)30)10-19(29)26(6)23(3,4)5/h7-8,11-12,15,21H,9-10H2,1-6H3. The third-order valence-electron chi connectivity index (χ3n) is 5.94. The summed E-state index contributed by atoms with van der Waals surface area (Å²) in [5.41, 5.74) is 2.92. The molecule has 0 spiro atoms. The molecule has 0 bridgehead atoms. The van der Waals surface area contributed by atoms with Crippen LogP contribution in [0.1, 0.15) is 56.2 Å². The largest absolute Gasteiger partial charge is 0.341 e. The van der Waals surface area contributed by atoms with Gasteiger partial charge >= 0.3 is 0 Å². The number of halogens is 1. The van der Waals surface area contributed by atoms with Crippen LogP contribution in [0.15, 0.2) is 24.5 Å². The second kappa shape index (κ2) is 7.99. The Morgan fingerprint density at radius 3 is 2.33 bits per heavy atom. The van der Waals surface area contributed by atoms with Gasteiger partial charge in [0.15, 0.2) is 5.78 Å². The predicted molar refractivity (Wildman–Crippen MR) is 116 cm³/mol. The van der Waals surface area contributed by atoms with Crippen LogP contribution in [-0.4, -0.2) is 44.7 Å². The van der Waals surface area contributed by atoms with Gasteiger partial charge in [0, 0.05) is 37.5 Å². The minimum Gasteiger partial charge on any atom is -0.341 e. The summed E-state index contributed by atoms with van der Waals surface area (Å²) < 4.78 is 1.66. The Morgan fingerprint density at radius 2 is 1.83 bits per heavy atom. The molecule has 2 aromatic rings. The highest BCUT2D eigenvalue weighted by atomic mass is 35.5. The maximum Gasteiger partial charge on any atom is 0.223 e. The topological polar surface area (TPSA) is 72.3 Å². The average Bonchev–Trinajstić information content (AvgIpc) is 3.18. The molecule has 1 amide bonds. The Hall–Kier alpha value is -2.47. The Balaban J connectivity index is 1.87. The van der Waals surface area contributed by atoms with Gasteiger partial charge in [0.1, 0.15) is 11.7 Å². The Bertz CT molecular complexity index is 996. The number of hydrogen-bond donors (Lipinski definition) is 0. The van der Waals surface area contributed by atoms with Crippen molar-refractivity contribution >= 4 is 29.1 Å². The number of amides is 1. The van der Waals surface area contributed by atoms with E-state index in [0.717, 1.165) is 22.4 Å². The highest BCUT2D eigenvalue weighted by Gasteiger charge is 2.44. The number of rotatable bonds is 4. The number of carbonyl (C=O) groups excluding carboxylic acids is 3. The molecule has 30 heavy (non-hydrogen) atoms. The SMILES string of the molecule is Cc1cc(-n2cc(Cl)cn2)cc(C)c1C1C(=O)CC(CC(=O)N(C)C(C)(C)C)C1=O. The number of Topliss-reactive ketones (excluding diaryl/α,β-unsaturated/α-hetero) is 2. The lowest BCUT2D eigenvalue weighted by molar-refractivity contribution is -0.137. The van der Waals surface area contributed by atoms with Crippen molar-refractivity contribution < 1.29 is 14.4 Å². The molecular formula is C23H28ClN3O3. The van der Waals surface area contributed by atoms with Crippen LogP contribution in [0.4, 0.5) is 0 Å². The summed E-state index contributed by atoms with van der Waals surface area (Å²) in [6, 6.07) is 3.80. The lowest BCUT2D eigenvalue weighted by Crippen LogP contribution is -2.43. The fourth-order valence-corrected chi connectivity index (χ4v) is 4.17. The van der Waals surface area contributed by atoms with Gasteiger partial charge in [-0.2, -0.15) is 5.10 Å². The minimum absolute atomic E-state index is 0.0663. The molecule has 7 heteroatoms. The van der Waals surface area contributed by atoms with Crippen LogP contribution >= 0.6 is 11.6 Å². The zero-order chi connectivity index (χ0) is 22.4. The molecule has 160 valence electrons. The zero-order valence-electron chi connectivity index (χ0n) is 18.3. The van der Waals surface area contributed by atoms with Crippen LogP contribution in [-0.2, 0) is 14.4 Å². The molecule has 1 saturated carbocycles. The van der Waals surface area contributed by atoms with Gasteiger partial charge in [0.05, 0.1) is 16.9 Å². The Labute approximate surface area is 182 Å². The number of nitrogens with zero attached hydrogens (tertiary/aromatic N) is 3. The first-order valence-electron chi connectivity index (χ1n) is 10.0. The quantitative estimate of drug-likeness (QED) is 0.688. The van der Waals surface area contributed by atoms with Crippen molar-refractivity contribution in [3.8, 4) is 5.69 Å². The van der Waals surface area contributed by atoms with Gasteiger partial charge in [-0.15, -0.1) is 0 Å². The summed E-state index contributed by atoms with van der Waals surface area (Å²) in [5, 5.41) is 4.75. The molecule has 2 atom stereocenters. The van der Waals surface area contributed by atoms with Crippen molar-refractivity contribution in [2.75, 3.05) is 7.05 Å². The molecule has 0 saturated heterocycles. The fraction of sp³-hybridized carbons (Fsp3) is 0.478. The first-order chi connectivity index (χ1) is 13.9. The fourth-order valence-electron chi connectivity index (χ4n) is 4.03. The molecular weight excluding hydrogens is 402 g/mol. The van der Waals surface area contributed by atoms with Crippen molar-refractivity contribution in [2.24, 2.45) is 5.92 Å². The van der Waals surface area contributed by atoms with Gasteiger partial charge in [-0.05, 0) is 63.4 Å².